The van der Waals surface area contributed by atoms with Gasteiger partial charge in [0.25, 0.3) is 0 Å². The quantitative estimate of drug-likeness (QED) is 0.611. The van der Waals surface area contributed by atoms with Crippen LogP contribution in [0.15, 0.2) is 53.0 Å². The number of hydrogen-bond acceptors (Lipinski definition) is 4. The van der Waals surface area contributed by atoms with Gasteiger partial charge in [-0.2, -0.15) is 0 Å². The largest absolute Gasteiger partial charge is 0.497 e. The molecule has 0 aliphatic carbocycles. The molecule has 0 aliphatic rings. The van der Waals surface area contributed by atoms with Crippen LogP contribution in [0, 0.1) is 0 Å². The van der Waals surface area contributed by atoms with Crippen LogP contribution in [-0.2, 0) is 4.79 Å². The van der Waals surface area contributed by atoms with E-state index in [1.165, 1.54) is 0 Å². The maximum atomic E-state index is 12.2. The van der Waals surface area contributed by atoms with Crippen LogP contribution in [0.1, 0.15) is 34.8 Å². The number of likely N-dealkylation sites (N-methyl/N-ethyl adjacent to an activating group) is 1. The fraction of sp³-hybridized carbons (Fsp3) is 0.333. The minimum Gasteiger partial charge on any atom is -0.497 e. The summed E-state index contributed by atoms with van der Waals surface area (Å²) in [6.07, 6.45) is 0.367. The SMILES string of the molecule is COc1cccc(C(CNC(=O)CCC(=O)c2ccc(Br)cc2)N(C)C)c1. The Balaban J connectivity index is 1.88. The van der Waals surface area contributed by atoms with Crippen LogP contribution < -0.4 is 10.1 Å². The minimum atomic E-state index is -0.129. The number of carbonyl (C=O) groups is 2. The van der Waals surface area contributed by atoms with E-state index in [2.05, 4.69) is 21.2 Å². The molecule has 0 spiro atoms. The summed E-state index contributed by atoms with van der Waals surface area (Å²) >= 11 is 3.34. The van der Waals surface area contributed by atoms with E-state index in [4.69, 9.17) is 4.74 Å². The zero-order valence-corrected chi connectivity index (χ0v) is 17.5. The van der Waals surface area contributed by atoms with Gasteiger partial charge in [0.05, 0.1) is 13.2 Å². The van der Waals surface area contributed by atoms with Crippen molar-refractivity contribution in [2.45, 2.75) is 18.9 Å². The van der Waals surface area contributed by atoms with Gasteiger partial charge in [-0.3, -0.25) is 9.59 Å². The first-order chi connectivity index (χ1) is 12.9. The zero-order chi connectivity index (χ0) is 19.8. The first-order valence-electron chi connectivity index (χ1n) is 8.76. The number of nitrogens with one attached hydrogen (secondary N) is 1. The van der Waals surface area contributed by atoms with E-state index in [1.54, 1.807) is 19.2 Å². The van der Waals surface area contributed by atoms with Crippen molar-refractivity contribution in [3.05, 3.63) is 64.1 Å². The molecular formula is C21H25BrN2O3. The van der Waals surface area contributed by atoms with Gasteiger partial charge >= 0.3 is 0 Å². The standard InChI is InChI=1S/C21H25BrN2O3/c1-24(2)19(16-5-4-6-18(13-16)27-3)14-23-21(26)12-11-20(25)15-7-9-17(22)10-8-15/h4-10,13,19H,11-12,14H2,1-3H3,(H,23,26). The van der Waals surface area contributed by atoms with E-state index < -0.39 is 0 Å². The lowest BCUT2D eigenvalue weighted by atomic mass is 10.0. The predicted molar refractivity (Wildman–Crippen MR) is 110 cm³/mol. The molecule has 2 aromatic rings. The van der Waals surface area contributed by atoms with Gasteiger partial charge in [0.15, 0.2) is 5.78 Å². The first-order valence-corrected chi connectivity index (χ1v) is 9.56. The molecule has 144 valence electrons. The summed E-state index contributed by atoms with van der Waals surface area (Å²) in [5, 5.41) is 2.93. The molecule has 0 aliphatic heterocycles. The van der Waals surface area contributed by atoms with Crippen LogP contribution in [0.25, 0.3) is 0 Å². The smallest absolute Gasteiger partial charge is 0.220 e. The van der Waals surface area contributed by atoms with Gasteiger partial charge in [-0.25, -0.2) is 0 Å². The van der Waals surface area contributed by atoms with E-state index in [0.717, 1.165) is 15.8 Å². The van der Waals surface area contributed by atoms with Gasteiger partial charge in [0, 0.05) is 29.4 Å². The van der Waals surface area contributed by atoms with Gasteiger partial charge in [-0.1, -0.05) is 40.2 Å². The third-order valence-electron chi connectivity index (χ3n) is 4.34. The minimum absolute atomic E-state index is 0.0197. The highest BCUT2D eigenvalue weighted by Crippen LogP contribution is 2.22. The molecule has 2 rings (SSSR count). The Labute approximate surface area is 168 Å². The Kier molecular flexibility index (Phi) is 8.00. The molecule has 0 radical (unpaired) electrons. The van der Waals surface area contributed by atoms with Crippen LogP contribution in [0.4, 0.5) is 0 Å². The molecule has 2 aromatic carbocycles. The van der Waals surface area contributed by atoms with Crippen LogP contribution in [0.3, 0.4) is 0 Å². The summed E-state index contributed by atoms with van der Waals surface area (Å²) < 4.78 is 6.20. The molecule has 0 saturated carbocycles. The molecule has 1 atom stereocenters. The van der Waals surface area contributed by atoms with Crippen molar-refractivity contribution in [3.8, 4) is 5.75 Å². The maximum Gasteiger partial charge on any atom is 0.220 e. The van der Waals surface area contributed by atoms with Crippen LogP contribution in [-0.4, -0.2) is 44.3 Å². The van der Waals surface area contributed by atoms with Crippen LogP contribution >= 0.6 is 15.9 Å². The summed E-state index contributed by atoms with van der Waals surface area (Å²) in [5.74, 6) is 0.621. The van der Waals surface area contributed by atoms with Crippen molar-refractivity contribution in [1.82, 2.24) is 10.2 Å². The number of benzene rings is 2. The molecule has 0 fully saturated rings. The Morgan fingerprint density at radius 3 is 2.44 bits per heavy atom. The molecule has 5 nitrogen and oxygen atoms in total. The van der Waals surface area contributed by atoms with Crippen molar-refractivity contribution in [1.29, 1.82) is 0 Å². The number of Topliss-reactive ketones (excluding diaryl/α,β-unsaturated/α-hetero) is 1. The van der Waals surface area contributed by atoms with E-state index in [9.17, 15) is 9.59 Å². The second-order valence-electron chi connectivity index (χ2n) is 6.49. The molecule has 27 heavy (non-hydrogen) atoms. The number of halogens is 1. The Morgan fingerprint density at radius 1 is 1.11 bits per heavy atom. The number of carbonyl (C=O) groups excluding carboxylic acids is 2. The fourth-order valence-corrected chi connectivity index (χ4v) is 3.02. The molecule has 1 N–H and O–H groups in total. The average Bonchev–Trinajstić information content (AvgIpc) is 2.66. The summed E-state index contributed by atoms with van der Waals surface area (Å²) in [6.45, 7) is 0.464. The van der Waals surface area contributed by atoms with E-state index in [0.29, 0.717) is 12.1 Å². The van der Waals surface area contributed by atoms with E-state index in [-0.39, 0.29) is 30.6 Å². The fourth-order valence-electron chi connectivity index (χ4n) is 2.75. The van der Waals surface area contributed by atoms with Crippen molar-refractivity contribution < 1.29 is 14.3 Å². The molecule has 0 bridgehead atoms. The number of methoxy groups -OCH3 is 1. The second-order valence-corrected chi connectivity index (χ2v) is 7.41. The lowest BCUT2D eigenvalue weighted by molar-refractivity contribution is -0.121. The van der Waals surface area contributed by atoms with Crippen molar-refractivity contribution >= 4 is 27.6 Å². The number of rotatable bonds is 9. The molecule has 1 amide bonds. The molecule has 1 unspecified atom stereocenters. The summed E-state index contributed by atoms with van der Waals surface area (Å²) in [7, 11) is 5.56. The topological polar surface area (TPSA) is 58.6 Å². The van der Waals surface area contributed by atoms with Gasteiger partial charge in [-0.05, 0) is 43.9 Å². The second kappa shape index (κ2) is 10.2. The Hall–Kier alpha value is -2.18. The molecule has 0 heterocycles. The maximum absolute atomic E-state index is 12.2. The van der Waals surface area contributed by atoms with Crippen LogP contribution in [0.2, 0.25) is 0 Å². The van der Waals surface area contributed by atoms with Gasteiger partial charge in [0.1, 0.15) is 5.75 Å². The summed E-state index contributed by atoms with van der Waals surface area (Å²) in [5.41, 5.74) is 1.68. The predicted octanol–water partition coefficient (Wildman–Crippen LogP) is 3.84. The van der Waals surface area contributed by atoms with Gasteiger partial charge < -0.3 is 15.0 Å². The van der Waals surface area contributed by atoms with Crippen molar-refractivity contribution in [2.75, 3.05) is 27.7 Å². The third-order valence-corrected chi connectivity index (χ3v) is 4.87. The highest BCUT2D eigenvalue weighted by molar-refractivity contribution is 9.10. The number of ether oxygens (including phenoxy) is 1. The van der Waals surface area contributed by atoms with E-state index in [1.807, 2.05) is 55.4 Å². The zero-order valence-electron chi connectivity index (χ0n) is 15.9. The molecular weight excluding hydrogens is 408 g/mol. The van der Waals surface area contributed by atoms with Crippen molar-refractivity contribution in [2.24, 2.45) is 0 Å². The third kappa shape index (κ3) is 6.48. The molecule has 6 heteroatoms. The number of amides is 1. The molecule has 0 aromatic heterocycles. The Bertz CT molecular complexity index is 775. The van der Waals surface area contributed by atoms with Gasteiger partial charge in [-0.15, -0.1) is 0 Å². The number of hydrogen-bond donors (Lipinski definition) is 1. The van der Waals surface area contributed by atoms with E-state index >= 15 is 0 Å². The van der Waals surface area contributed by atoms with Crippen LogP contribution in [0.5, 0.6) is 5.75 Å². The first kappa shape index (κ1) is 21.1. The lowest BCUT2D eigenvalue weighted by Gasteiger charge is -2.25. The summed E-state index contributed by atoms with van der Waals surface area (Å²) in [4.78, 5) is 26.4. The average molecular weight is 433 g/mol. The highest BCUT2D eigenvalue weighted by atomic mass is 79.9. The Morgan fingerprint density at radius 2 is 1.81 bits per heavy atom. The van der Waals surface area contributed by atoms with Gasteiger partial charge in [0.2, 0.25) is 5.91 Å². The number of ketones is 1. The lowest BCUT2D eigenvalue weighted by Crippen LogP contribution is -2.34. The number of nitrogens with zero attached hydrogens (tertiary/aromatic N) is 1. The monoisotopic (exact) mass is 432 g/mol. The van der Waals surface area contributed by atoms with Crippen molar-refractivity contribution in [3.63, 3.8) is 0 Å². The normalized spacial score (nSPS) is 11.9. The molecule has 0 saturated heterocycles. The highest BCUT2D eigenvalue weighted by Gasteiger charge is 2.16. The summed E-state index contributed by atoms with van der Waals surface area (Å²) in [6, 6.07) is 15.0.